The predicted molar refractivity (Wildman–Crippen MR) is 94.5 cm³/mol. The van der Waals surface area contributed by atoms with Crippen LogP contribution in [-0.2, 0) is 9.59 Å². The summed E-state index contributed by atoms with van der Waals surface area (Å²) in [6.07, 6.45) is 0. The molecule has 0 saturated heterocycles. The van der Waals surface area contributed by atoms with Crippen molar-refractivity contribution >= 4 is 46.3 Å². The number of rotatable bonds is 6. The number of carbonyl (C=O) groups excluding carboxylic acids is 3. The Morgan fingerprint density at radius 1 is 1.08 bits per heavy atom. The van der Waals surface area contributed by atoms with Crippen LogP contribution in [0.3, 0.4) is 0 Å². The van der Waals surface area contributed by atoms with Crippen molar-refractivity contribution in [1.29, 1.82) is 0 Å². The molecule has 0 spiro atoms. The Bertz CT molecular complexity index is 747. The second-order valence-electron chi connectivity index (χ2n) is 4.94. The lowest BCUT2D eigenvalue weighted by Crippen LogP contribution is -2.40. The molecule has 0 aliphatic carbocycles. The number of thiophene rings is 1. The van der Waals surface area contributed by atoms with Crippen molar-refractivity contribution in [3.63, 3.8) is 0 Å². The van der Waals surface area contributed by atoms with Gasteiger partial charge in [0.2, 0.25) is 11.8 Å². The number of hydrogen-bond donors (Lipinski definition) is 3. The van der Waals surface area contributed by atoms with E-state index >= 15 is 0 Å². The number of hydrogen-bond acceptors (Lipinski definition) is 4. The molecule has 0 aliphatic rings. The van der Waals surface area contributed by atoms with Crippen LogP contribution in [0.5, 0.6) is 0 Å². The second-order valence-corrected chi connectivity index (χ2v) is 6.33. The molecule has 1 aromatic carbocycles. The first-order valence-corrected chi connectivity index (χ1v) is 8.36. The summed E-state index contributed by atoms with van der Waals surface area (Å²) in [5, 5.41) is 9.88. The lowest BCUT2D eigenvalue weighted by atomic mass is 10.2. The average Bonchev–Trinajstić information content (AvgIpc) is 3.08. The summed E-state index contributed by atoms with van der Waals surface area (Å²) in [5.74, 6) is -1.14. The monoisotopic (exact) mass is 365 g/mol. The maximum Gasteiger partial charge on any atom is 0.261 e. The SMILES string of the molecule is Cc1ccc(Cl)cc1NC(=O)CNC(=O)CNC(=O)c1cccs1. The molecule has 24 heavy (non-hydrogen) atoms. The number of nitrogens with one attached hydrogen (secondary N) is 3. The van der Waals surface area contributed by atoms with Crippen LogP contribution < -0.4 is 16.0 Å². The Labute approximate surface area is 148 Å². The van der Waals surface area contributed by atoms with Gasteiger partial charge in [0.05, 0.1) is 18.0 Å². The van der Waals surface area contributed by atoms with Crippen LogP contribution in [-0.4, -0.2) is 30.8 Å². The summed E-state index contributed by atoms with van der Waals surface area (Å²) >= 11 is 7.17. The zero-order chi connectivity index (χ0) is 17.5. The lowest BCUT2D eigenvalue weighted by molar-refractivity contribution is -0.123. The fraction of sp³-hybridized carbons (Fsp3) is 0.188. The first-order chi connectivity index (χ1) is 11.5. The zero-order valence-electron chi connectivity index (χ0n) is 12.9. The third kappa shape index (κ3) is 5.36. The van der Waals surface area contributed by atoms with Crippen molar-refractivity contribution in [2.75, 3.05) is 18.4 Å². The van der Waals surface area contributed by atoms with Crippen molar-refractivity contribution in [3.8, 4) is 0 Å². The zero-order valence-corrected chi connectivity index (χ0v) is 14.5. The topological polar surface area (TPSA) is 87.3 Å². The Kier molecular flexibility index (Phi) is 6.34. The Hall–Kier alpha value is -2.38. The molecular weight excluding hydrogens is 350 g/mol. The predicted octanol–water partition coefficient (Wildman–Crippen LogP) is 2.19. The molecule has 3 amide bonds. The largest absolute Gasteiger partial charge is 0.345 e. The Balaban J connectivity index is 1.74. The van der Waals surface area contributed by atoms with E-state index in [-0.39, 0.29) is 24.9 Å². The van der Waals surface area contributed by atoms with E-state index in [1.54, 1.807) is 35.7 Å². The first-order valence-electron chi connectivity index (χ1n) is 7.10. The van der Waals surface area contributed by atoms with E-state index < -0.39 is 5.91 Å². The van der Waals surface area contributed by atoms with Crippen LogP contribution in [0.1, 0.15) is 15.2 Å². The molecule has 0 unspecified atom stereocenters. The van der Waals surface area contributed by atoms with Crippen molar-refractivity contribution in [2.45, 2.75) is 6.92 Å². The highest BCUT2D eigenvalue weighted by atomic mass is 35.5. The van der Waals surface area contributed by atoms with Gasteiger partial charge in [-0.25, -0.2) is 0 Å². The lowest BCUT2D eigenvalue weighted by Gasteiger charge is -2.10. The molecule has 0 bridgehead atoms. The van der Waals surface area contributed by atoms with Crippen molar-refractivity contribution in [3.05, 3.63) is 51.2 Å². The standard InChI is InChI=1S/C16H16ClN3O3S/c1-10-4-5-11(17)7-12(10)20-15(22)9-18-14(21)8-19-16(23)13-3-2-6-24-13/h2-7H,8-9H2,1H3,(H,18,21)(H,19,23)(H,20,22). The number of aryl methyl sites for hydroxylation is 1. The molecule has 0 radical (unpaired) electrons. The Morgan fingerprint density at radius 2 is 1.83 bits per heavy atom. The fourth-order valence-electron chi connectivity index (χ4n) is 1.82. The smallest absolute Gasteiger partial charge is 0.261 e. The summed E-state index contributed by atoms with van der Waals surface area (Å²) in [7, 11) is 0. The molecule has 1 heterocycles. The molecule has 0 saturated carbocycles. The molecule has 8 heteroatoms. The molecule has 6 nitrogen and oxygen atoms in total. The molecule has 3 N–H and O–H groups in total. The summed E-state index contributed by atoms with van der Waals surface area (Å²) in [5.41, 5.74) is 1.45. The molecule has 1 aromatic heterocycles. The van der Waals surface area contributed by atoms with E-state index in [0.29, 0.717) is 15.6 Å². The summed E-state index contributed by atoms with van der Waals surface area (Å²) in [4.78, 5) is 35.7. The number of halogens is 1. The van der Waals surface area contributed by atoms with Crippen molar-refractivity contribution in [2.24, 2.45) is 0 Å². The normalized spacial score (nSPS) is 10.1. The summed E-state index contributed by atoms with van der Waals surface area (Å²) < 4.78 is 0. The summed E-state index contributed by atoms with van der Waals surface area (Å²) in [6.45, 7) is 1.45. The van der Waals surface area contributed by atoms with Crippen LogP contribution >= 0.6 is 22.9 Å². The third-order valence-corrected chi connectivity index (χ3v) is 4.18. The van der Waals surface area contributed by atoms with E-state index in [0.717, 1.165) is 5.56 Å². The van der Waals surface area contributed by atoms with Gasteiger partial charge in [-0.1, -0.05) is 23.7 Å². The van der Waals surface area contributed by atoms with Gasteiger partial charge < -0.3 is 16.0 Å². The number of carbonyl (C=O) groups is 3. The van der Waals surface area contributed by atoms with E-state index in [1.165, 1.54) is 11.3 Å². The van der Waals surface area contributed by atoms with E-state index in [1.807, 2.05) is 6.92 Å². The fourth-order valence-corrected chi connectivity index (χ4v) is 2.63. The highest BCUT2D eigenvalue weighted by molar-refractivity contribution is 7.12. The van der Waals surface area contributed by atoms with E-state index in [9.17, 15) is 14.4 Å². The highest BCUT2D eigenvalue weighted by Gasteiger charge is 2.10. The maximum absolute atomic E-state index is 11.9. The van der Waals surface area contributed by atoms with Crippen molar-refractivity contribution < 1.29 is 14.4 Å². The summed E-state index contributed by atoms with van der Waals surface area (Å²) in [6, 6.07) is 8.57. The quantitative estimate of drug-likeness (QED) is 0.733. The Morgan fingerprint density at radius 3 is 2.54 bits per heavy atom. The van der Waals surface area contributed by atoms with Gasteiger partial charge in [0, 0.05) is 10.7 Å². The molecule has 0 fully saturated rings. The third-order valence-electron chi connectivity index (χ3n) is 3.07. The minimum atomic E-state index is -0.446. The minimum absolute atomic E-state index is 0.194. The molecule has 2 rings (SSSR count). The minimum Gasteiger partial charge on any atom is -0.345 e. The number of amides is 3. The van der Waals surface area contributed by atoms with Crippen LogP contribution in [0.25, 0.3) is 0 Å². The van der Waals surface area contributed by atoms with Gasteiger partial charge in [-0.05, 0) is 36.1 Å². The van der Waals surface area contributed by atoms with Gasteiger partial charge in [0.15, 0.2) is 0 Å². The van der Waals surface area contributed by atoms with Crippen LogP contribution in [0.4, 0.5) is 5.69 Å². The van der Waals surface area contributed by atoms with E-state index in [4.69, 9.17) is 11.6 Å². The van der Waals surface area contributed by atoms with Gasteiger partial charge in [0.1, 0.15) is 0 Å². The van der Waals surface area contributed by atoms with Crippen LogP contribution in [0, 0.1) is 6.92 Å². The molecule has 0 atom stereocenters. The number of anilines is 1. The molecule has 0 aliphatic heterocycles. The van der Waals surface area contributed by atoms with Gasteiger partial charge >= 0.3 is 0 Å². The molecule has 126 valence electrons. The van der Waals surface area contributed by atoms with Crippen molar-refractivity contribution in [1.82, 2.24) is 10.6 Å². The maximum atomic E-state index is 11.9. The van der Waals surface area contributed by atoms with Crippen LogP contribution in [0.15, 0.2) is 35.7 Å². The average molecular weight is 366 g/mol. The van der Waals surface area contributed by atoms with Gasteiger partial charge in [-0.15, -0.1) is 11.3 Å². The number of benzene rings is 1. The second kappa shape index (κ2) is 8.47. The van der Waals surface area contributed by atoms with E-state index in [2.05, 4.69) is 16.0 Å². The van der Waals surface area contributed by atoms with Gasteiger partial charge in [0.25, 0.3) is 5.91 Å². The first kappa shape index (κ1) is 18.0. The highest BCUT2D eigenvalue weighted by Crippen LogP contribution is 2.19. The van der Waals surface area contributed by atoms with Gasteiger partial charge in [-0.2, -0.15) is 0 Å². The molecule has 2 aromatic rings. The van der Waals surface area contributed by atoms with Crippen LogP contribution in [0.2, 0.25) is 5.02 Å². The van der Waals surface area contributed by atoms with Gasteiger partial charge in [-0.3, -0.25) is 14.4 Å². The molecular formula is C16H16ClN3O3S.